The molecule has 0 amide bonds. The number of hydrogen-bond donors (Lipinski definition) is 0. The molecule has 0 saturated heterocycles. The molecule has 0 radical (unpaired) electrons. The highest BCUT2D eigenvalue weighted by molar-refractivity contribution is 5.83. The molecule has 9 heteroatoms. The summed E-state index contributed by atoms with van der Waals surface area (Å²) in [6.45, 7) is 0.131. The van der Waals surface area contributed by atoms with Gasteiger partial charge in [-0.25, -0.2) is 4.68 Å². The van der Waals surface area contributed by atoms with Gasteiger partial charge in [-0.2, -0.15) is 5.26 Å². The molecule has 0 saturated carbocycles. The van der Waals surface area contributed by atoms with Crippen molar-refractivity contribution in [1.82, 2.24) is 15.0 Å². The quantitative estimate of drug-likeness (QED) is 0.713. The van der Waals surface area contributed by atoms with E-state index in [1.54, 1.807) is 18.2 Å². The molecule has 1 heterocycles. The average molecular weight is 360 g/mol. The summed E-state index contributed by atoms with van der Waals surface area (Å²) in [7, 11) is 0. The van der Waals surface area contributed by atoms with E-state index < -0.39 is 6.36 Å². The maximum absolute atomic E-state index is 12.4. The van der Waals surface area contributed by atoms with Crippen LogP contribution in [0.2, 0.25) is 0 Å². The fourth-order valence-corrected chi connectivity index (χ4v) is 2.41. The van der Waals surface area contributed by atoms with Gasteiger partial charge in [0.25, 0.3) is 5.56 Å². The third kappa shape index (κ3) is 3.80. The number of halogens is 3. The molecule has 0 aliphatic carbocycles. The first-order valence-electron chi connectivity index (χ1n) is 7.48. The van der Waals surface area contributed by atoms with Crippen LogP contribution in [0.25, 0.3) is 22.0 Å². The van der Waals surface area contributed by atoms with Crippen molar-refractivity contribution in [2.24, 2.45) is 0 Å². The summed E-state index contributed by atoms with van der Waals surface area (Å²) in [4.78, 5) is 12.4. The molecule has 0 aliphatic rings. The molecule has 6 nitrogen and oxygen atoms in total. The van der Waals surface area contributed by atoms with E-state index in [-0.39, 0.29) is 24.3 Å². The first kappa shape index (κ1) is 17.4. The van der Waals surface area contributed by atoms with Crippen LogP contribution in [0, 0.1) is 11.3 Å². The molecule has 26 heavy (non-hydrogen) atoms. The van der Waals surface area contributed by atoms with E-state index in [0.29, 0.717) is 22.0 Å². The molecule has 3 rings (SSSR count). The van der Waals surface area contributed by atoms with Crippen molar-refractivity contribution in [1.29, 1.82) is 5.26 Å². The Labute approximate surface area is 145 Å². The molecule has 3 aromatic rings. The second-order valence-corrected chi connectivity index (χ2v) is 5.33. The molecule has 0 aliphatic heterocycles. The zero-order chi connectivity index (χ0) is 18.7. The predicted molar refractivity (Wildman–Crippen MR) is 86.1 cm³/mol. The number of nitrogens with zero attached hydrogens (tertiary/aromatic N) is 4. The topological polar surface area (TPSA) is 80.8 Å². The maximum atomic E-state index is 12.4. The van der Waals surface area contributed by atoms with Crippen LogP contribution in [0.3, 0.4) is 0 Å². The Morgan fingerprint density at radius 2 is 1.81 bits per heavy atom. The Hall–Kier alpha value is -3.41. The minimum absolute atomic E-state index is 0.125. The number of ether oxygens (including phenoxy) is 1. The highest BCUT2D eigenvalue weighted by Crippen LogP contribution is 2.27. The Bertz CT molecular complexity index is 1040. The minimum atomic E-state index is -4.75. The van der Waals surface area contributed by atoms with Crippen LogP contribution in [0.5, 0.6) is 5.75 Å². The van der Waals surface area contributed by atoms with Crippen molar-refractivity contribution in [3.63, 3.8) is 0 Å². The van der Waals surface area contributed by atoms with Gasteiger partial charge < -0.3 is 4.74 Å². The summed E-state index contributed by atoms with van der Waals surface area (Å²) >= 11 is 0. The summed E-state index contributed by atoms with van der Waals surface area (Å²) in [5.41, 5.74) is 1.25. The second kappa shape index (κ2) is 6.84. The molecule has 0 atom stereocenters. The zero-order valence-corrected chi connectivity index (χ0v) is 13.2. The Balaban J connectivity index is 1.97. The Morgan fingerprint density at radius 1 is 1.12 bits per heavy atom. The number of rotatable bonds is 4. The average Bonchev–Trinajstić information content (AvgIpc) is 2.60. The molecule has 0 N–H and O–H groups in total. The van der Waals surface area contributed by atoms with Gasteiger partial charge in [-0.05, 0) is 35.4 Å². The molecular formula is C17H11F3N4O2. The lowest BCUT2D eigenvalue weighted by Crippen LogP contribution is -2.24. The highest BCUT2D eigenvalue weighted by Gasteiger charge is 2.30. The van der Waals surface area contributed by atoms with Gasteiger partial charge in [-0.15, -0.1) is 18.3 Å². The Kier molecular flexibility index (Phi) is 4.58. The van der Waals surface area contributed by atoms with E-state index in [9.17, 15) is 18.0 Å². The van der Waals surface area contributed by atoms with Crippen LogP contribution in [0.15, 0.2) is 47.3 Å². The zero-order valence-electron chi connectivity index (χ0n) is 13.2. The van der Waals surface area contributed by atoms with Crippen molar-refractivity contribution >= 4 is 10.9 Å². The number of aromatic nitrogens is 3. The number of nitriles is 1. The van der Waals surface area contributed by atoms with Gasteiger partial charge in [-0.1, -0.05) is 23.4 Å². The first-order valence-corrected chi connectivity index (χ1v) is 7.48. The van der Waals surface area contributed by atoms with Gasteiger partial charge >= 0.3 is 6.36 Å². The SMILES string of the molecule is N#CCCn1nnc2ccc(-c3ccc(OC(F)(F)F)cc3)cc2c1=O. The molecule has 2 aromatic carbocycles. The van der Waals surface area contributed by atoms with Crippen LogP contribution >= 0.6 is 0 Å². The van der Waals surface area contributed by atoms with Crippen LogP contribution in [-0.2, 0) is 6.54 Å². The number of hydrogen-bond acceptors (Lipinski definition) is 5. The van der Waals surface area contributed by atoms with Crippen LogP contribution < -0.4 is 10.3 Å². The van der Waals surface area contributed by atoms with Gasteiger partial charge in [0.1, 0.15) is 11.3 Å². The highest BCUT2D eigenvalue weighted by atomic mass is 19.4. The lowest BCUT2D eigenvalue weighted by molar-refractivity contribution is -0.274. The van der Waals surface area contributed by atoms with E-state index in [0.717, 1.165) is 4.68 Å². The summed E-state index contributed by atoms with van der Waals surface area (Å²) < 4.78 is 41.6. The normalized spacial score (nSPS) is 11.3. The minimum Gasteiger partial charge on any atom is -0.406 e. The van der Waals surface area contributed by atoms with Crippen LogP contribution in [0.1, 0.15) is 6.42 Å². The summed E-state index contributed by atoms with van der Waals surface area (Å²) in [6.07, 6.45) is -4.63. The largest absolute Gasteiger partial charge is 0.573 e. The standard InChI is InChI=1S/C17H11F3N4O2/c18-17(19,20)26-13-5-2-11(3-6-13)12-4-7-15-14(10-12)16(25)24(23-22-15)9-1-8-21/h2-7,10H,1,9H2. The first-order chi connectivity index (χ1) is 12.4. The molecule has 0 bridgehead atoms. The summed E-state index contributed by atoms with van der Waals surface area (Å²) in [5, 5.41) is 16.6. The van der Waals surface area contributed by atoms with Crippen LogP contribution in [-0.4, -0.2) is 21.4 Å². The lowest BCUT2D eigenvalue weighted by Gasteiger charge is -2.09. The van der Waals surface area contributed by atoms with Crippen molar-refractivity contribution in [3.05, 3.63) is 52.8 Å². The van der Waals surface area contributed by atoms with Gasteiger partial charge in [0, 0.05) is 0 Å². The smallest absolute Gasteiger partial charge is 0.406 e. The maximum Gasteiger partial charge on any atom is 0.573 e. The van der Waals surface area contributed by atoms with E-state index in [4.69, 9.17) is 5.26 Å². The van der Waals surface area contributed by atoms with E-state index >= 15 is 0 Å². The molecule has 132 valence electrons. The third-order valence-electron chi connectivity index (χ3n) is 3.58. The number of benzene rings is 2. The van der Waals surface area contributed by atoms with E-state index in [1.807, 2.05) is 6.07 Å². The molecule has 0 unspecified atom stereocenters. The van der Waals surface area contributed by atoms with Crippen molar-refractivity contribution < 1.29 is 17.9 Å². The Morgan fingerprint density at radius 3 is 2.46 bits per heavy atom. The van der Waals surface area contributed by atoms with Crippen LogP contribution in [0.4, 0.5) is 13.2 Å². The van der Waals surface area contributed by atoms with Gasteiger partial charge in [0.05, 0.1) is 24.4 Å². The molecular weight excluding hydrogens is 349 g/mol. The summed E-state index contributed by atoms with van der Waals surface area (Å²) in [6, 6.07) is 12.1. The van der Waals surface area contributed by atoms with E-state index in [2.05, 4.69) is 15.0 Å². The summed E-state index contributed by atoms with van der Waals surface area (Å²) in [5.74, 6) is -0.327. The number of aryl methyl sites for hydroxylation is 1. The van der Waals surface area contributed by atoms with Crippen molar-refractivity contribution in [3.8, 4) is 22.9 Å². The van der Waals surface area contributed by atoms with Gasteiger partial charge in [0.2, 0.25) is 0 Å². The lowest BCUT2D eigenvalue weighted by atomic mass is 10.0. The van der Waals surface area contributed by atoms with E-state index in [1.165, 1.54) is 24.3 Å². The van der Waals surface area contributed by atoms with Gasteiger partial charge in [-0.3, -0.25) is 4.79 Å². The van der Waals surface area contributed by atoms with Crippen molar-refractivity contribution in [2.45, 2.75) is 19.3 Å². The third-order valence-corrected chi connectivity index (χ3v) is 3.58. The number of alkyl halides is 3. The fraction of sp³-hybridized carbons (Fsp3) is 0.176. The predicted octanol–water partition coefficient (Wildman–Crippen LogP) is 3.27. The molecule has 0 fully saturated rings. The number of fused-ring (bicyclic) bond motifs is 1. The van der Waals surface area contributed by atoms with Crippen molar-refractivity contribution in [2.75, 3.05) is 0 Å². The molecule has 1 aromatic heterocycles. The monoisotopic (exact) mass is 360 g/mol. The fourth-order valence-electron chi connectivity index (χ4n) is 2.41. The molecule has 0 spiro atoms. The van der Waals surface area contributed by atoms with Gasteiger partial charge in [0.15, 0.2) is 0 Å². The second-order valence-electron chi connectivity index (χ2n) is 5.33.